The van der Waals surface area contributed by atoms with Crippen LogP contribution >= 0.6 is 23.1 Å². The van der Waals surface area contributed by atoms with Crippen LogP contribution in [0.15, 0.2) is 11.2 Å². The Balaban J connectivity index is 1.54. The quantitative estimate of drug-likeness (QED) is 0.800. The summed E-state index contributed by atoms with van der Waals surface area (Å²) in [7, 11) is 2.02. The Morgan fingerprint density at radius 3 is 2.86 bits per heavy atom. The number of nitrogens with one attached hydrogen (secondary N) is 1. The minimum absolute atomic E-state index is 0.0673. The molecule has 0 aromatic carbocycles. The lowest BCUT2D eigenvalue weighted by Gasteiger charge is -2.33. The summed E-state index contributed by atoms with van der Waals surface area (Å²) in [4.78, 5) is 15.0. The highest BCUT2D eigenvalue weighted by molar-refractivity contribution is 8.00. The van der Waals surface area contributed by atoms with E-state index in [0.717, 1.165) is 49.1 Å². The molecule has 2 aromatic rings. The monoisotopic (exact) mass is 418 g/mol. The highest BCUT2D eigenvalue weighted by Crippen LogP contribution is 2.42. The molecule has 3 heterocycles. The van der Waals surface area contributed by atoms with Crippen molar-refractivity contribution in [1.29, 1.82) is 0 Å². The smallest absolute Gasteiger partial charge is 0.233 e. The molecule has 0 unspecified atom stereocenters. The fraction of sp³-hybridized carbons (Fsp3) is 0.667. The summed E-state index contributed by atoms with van der Waals surface area (Å²) in [5.41, 5.74) is 1.85. The van der Waals surface area contributed by atoms with Gasteiger partial charge >= 0.3 is 0 Å². The molecule has 1 saturated heterocycles. The maximum atomic E-state index is 12.3. The molecule has 1 aliphatic carbocycles. The summed E-state index contributed by atoms with van der Waals surface area (Å²) >= 11 is 3.42. The van der Waals surface area contributed by atoms with E-state index >= 15 is 0 Å². The largest absolute Gasteiger partial charge is 0.355 e. The molecule has 0 radical (unpaired) electrons. The highest BCUT2D eigenvalue weighted by atomic mass is 32.2. The van der Waals surface area contributed by atoms with E-state index < -0.39 is 0 Å². The third-order valence-corrected chi connectivity index (χ3v) is 8.63. The van der Waals surface area contributed by atoms with Gasteiger partial charge in [0.05, 0.1) is 10.1 Å². The van der Waals surface area contributed by atoms with E-state index in [0.29, 0.717) is 5.41 Å². The number of rotatable bonds is 3. The van der Waals surface area contributed by atoms with Gasteiger partial charge in [0.2, 0.25) is 5.91 Å². The Labute approximate surface area is 175 Å². The van der Waals surface area contributed by atoms with Gasteiger partial charge in [0.15, 0.2) is 11.0 Å². The predicted molar refractivity (Wildman–Crippen MR) is 116 cm³/mol. The Hall–Kier alpha value is -1.34. The minimum atomic E-state index is -0.0673. The number of carbonyl (C=O) groups is 1. The number of carbonyl (C=O) groups excluding carboxylic acids is 1. The lowest BCUT2D eigenvalue weighted by Crippen LogP contribution is -2.30. The van der Waals surface area contributed by atoms with Crippen LogP contribution in [-0.4, -0.2) is 32.5 Å². The van der Waals surface area contributed by atoms with Gasteiger partial charge in [-0.15, -0.1) is 21.5 Å². The first kappa shape index (κ1) is 20.0. The van der Waals surface area contributed by atoms with Crippen LogP contribution in [0.3, 0.4) is 0 Å². The van der Waals surface area contributed by atoms with Crippen molar-refractivity contribution in [3.8, 4) is 10.7 Å². The number of amides is 1. The van der Waals surface area contributed by atoms with Crippen molar-refractivity contribution < 1.29 is 4.79 Å². The molecule has 1 amide bonds. The van der Waals surface area contributed by atoms with E-state index in [4.69, 9.17) is 0 Å². The van der Waals surface area contributed by atoms with Gasteiger partial charge in [-0.3, -0.25) is 4.79 Å². The van der Waals surface area contributed by atoms with Crippen molar-refractivity contribution in [1.82, 2.24) is 20.1 Å². The van der Waals surface area contributed by atoms with E-state index in [1.165, 1.54) is 28.2 Å². The Morgan fingerprint density at radius 1 is 1.25 bits per heavy atom. The van der Waals surface area contributed by atoms with Crippen molar-refractivity contribution in [3.63, 3.8) is 0 Å². The lowest BCUT2D eigenvalue weighted by atomic mass is 9.72. The second-order valence-corrected chi connectivity index (χ2v) is 11.4. The third kappa shape index (κ3) is 4.01. The van der Waals surface area contributed by atoms with Gasteiger partial charge in [-0.1, -0.05) is 39.0 Å². The lowest BCUT2D eigenvalue weighted by molar-refractivity contribution is -0.120. The maximum Gasteiger partial charge on any atom is 0.233 e. The van der Waals surface area contributed by atoms with Crippen LogP contribution in [0.2, 0.25) is 0 Å². The van der Waals surface area contributed by atoms with Gasteiger partial charge < -0.3 is 9.88 Å². The first-order valence-electron chi connectivity index (χ1n) is 10.3. The number of thioether (sulfide) groups is 1. The fourth-order valence-electron chi connectivity index (χ4n) is 4.16. The molecule has 1 fully saturated rings. The van der Waals surface area contributed by atoms with Gasteiger partial charge in [0.1, 0.15) is 0 Å². The van der Waals surface area contributed by atoms with E-state index in [9.17, 15) is 4.79 Å². The second kappa shape index (κ2) is 7.82. The molecular formula is C21H30N4OS2. The SMILES string of the molecule is Cn1c(S[C@@H]2CCCCNC2=O)nnc1-c1cc2c(s1)CC[C@@H](C(C)(C)C)C2. The van der Waals surface area contributed by atoms with Gasteiger partial charge in [-0.05, 0) is 55.1 Å². The summed E-state index contributed by atoms with van der Waals surface area (Å²) < 4.78 is 2.06. The number of fused-ring (bicyclic) bond motifs is 1. The van der Waals surface area contributed by atoms with Crippen LogP contribution in [0.1, 0.15) is 56.9 Å². The van der Waals surface area contributed by atoms with Crippen molar-refractivity contribution in [2.75, 3.05) is 6.54 Å². The van der Waals surface area contributed by atoms with Crippen LogP contribution in [-0.2, 0) is 24.7 Å². The summed E-state index contributed by atoms with van der Waals surface area (Å²) in [6, 6.07) is 2.33. The number of thiophene rings is 1. The zero-order chi connectivity index (χ0) is 19.9. The number of aromatic nitrogens is 3. The Bertz CT molecular complexity index is 864. The van der Waals surface area contributed by atoms with Crippen molar-refractivity contribution >= 4 is 29.0 Å². The van der Waals surface area contributed by atoms with Gasteiger partial charge in [-0.25, -0.2) is 0 Å². The van der Waals surface area contributed by atoms with Gasteiger partial charge in [0.25, 0.3) is 0 Å². The van der Waals surface area contributed by atoms with Crippen LogP contribution in [0, 0.1) is 11.3 Å². The van der Waals surface area contributed by atoms with Crippen molar-refractivity contribution in [2.24, 2.45) is 18.4 Å². The average Bonchev–Trinajstić information content (AvgIpc) is 3.15. The van der Waals surface area contributed by atoms with Crippen LogP contribution < -0.4 is 5.32 Å². The zero-order valence-corrected chi connectivity index (χ0v) is 18.9. The molecule has 0 bridgehead atoms. The normalized spacial score (nSPS) is 23.2. The highest BCUT2D eigenvalue weighted by Gasteiger charge is 2.31. The minimum Gasteiger partial charge on any atom is -0.355 e. The first-order valence-corrected chi connectivity index (χ1v) is 12.0. The van der Waals surface area contributed by atoms with E-state index in [-0.39, 0.29) is 11.2 Å². The van der Waals surface area contributed by atoms with Gasteiger partial charge in [-0.2, -0.15) is 0 Å². The Morgan fingerprint density at radius 2 is 2.07 bits per heavy atom. The molecule has 1 N–H and O–H groups in total. The van der Waals surface area contributed by atoms with Crippen LogP contribution in [0.5, 0.6) is 0 Å². The molecule has 2 atom stereocenters. The number of nitrogens with zero attached hydrogens (tertiary/aromatic N) is 3. The van der Waals surface area contributed by atoms with Crippen molar-refractivity contribution in [3.05, 3.63) is 16.5 Å². The molecule has 1 aliphatic heterocycles. The molecule has 28 heavy (non-hydrogen) atoms. The number of hydrogen-bond acceptors (Lipinski definition) is 5. The molecule has 0 spiro atoms. The molecule has 152 valence electrons. The van der Waals surface area contributed by atoms with E-state index in [1.807, 2.05) is 18.4 Å². The van der Waals surface area contributed by atoms with Crippen molar-refractivity contribution in [2.45, 2.75) is 69.7 Å². The summed E-state index contributed by atoms with van der Waals surface area (Å²) in [5.74, 6) is 1.79. The van der Waals surface area contributed by atoms with Gasteiger partial charge in [0, 0.05) is 18.5 Å². The van der Waals surface area contributed by atoms with Crippen LogP contribution in [0.4, 0.5) is 0 Å². The number of aryl methyl sites for hydroxylation is 1. The zero-order valence-electron chi connectivity index (χ0n) is 17.2. The summed E-state index contributed by atoms with van der Waals surface area (Å²) in [5, 5.41) is 12.7. The topological polar surface area (TPSA) is 59.8 Å². The summed E-state index contributed by atoms with van der Waals surface area (Å²) in [6.45, 7) is 7.85. The fourth-order valence-corrected chi connectivity index (χ4v) is 6.45. The van der Waals surface area contributed by atoms with E-state index in [2.05, 4.69) is 46.9 Å². The summed E-state index contributed by atoms with van der Waals surface area (Å²) in [6.07, 6.45) is 6.64. The molecule has 5 nitrogen and oxygen atoms in total. The molecule has 2 aliphatic rings. The second-order valence-electron chi connectivity index (χ2n) is 9.12. The average molecular weight is 419 g/mol. The maximum absolute atomic E-state index is 12.3. The van der Waals surface area contributed by atoms with Crippen LogP contribution in [0.25, 0.3) is 10.7 Å². The predicted octanol–water partition coefficient (Wildman–Crippen LogP) is 4.46. The Kier molecular flexibility index (Phi) is 5.58. The molecule has 0 saturated carbocycles. The standard InChI is InChI=1S/C21H30N4OS2/c1-21(2,3)14-8-9-15-13(11-14)12-17(27-15)18-23-24-20(25(18)4)28-16-7-5-6-10-22-19(16)26/h12,14,16H,5-11H2,1-4H3,(H,22,26)/t14-,16-/m1/s1. The molecule has 7 heteroatoms. The molecule has 2 aromatic heterocycles. The first-order chi connectivity index (χ1) is 13.3. The molecule has 4 rings (SSSR count). The third-order valence-electron chi connectivity index (χ3n) is 6.10. The van der Waals surface area contributed by atoms with E-state index in [1.54, 1.807) is 11.8 Å². The molecular weight excluding hydrogens is 388 g/mol. The number of hydrogen-bond donors (Lipinski definition) is 1.